The van der Waals surface area contributed by atoms with Crippen molar-refractivity contribution in [3.63, 3.8) is 0 Å². The highest BCUT2D eigenvalue weighted by Crippen LogP contribution is 2.14. The van der Waals surface area contributed by atoms with E-state index in [1.807, 2.05) is 55.5 Å². The Labute approximate surface area is 138 Å². The summed E-state index contributed by atoms with van der Waals surface area (Å²) in [5.41, 5.74) is 2.93. The number of hydrogen-bond acceptors (Lipinski definition) is 2. The molecule has 120 valence electrons. The van der Waals surface area contributed by atoms with Gasteiger partial charge in [0.05, 0.1) is 6.61 Å². The Kier molecular flexibility index (Phi) is 6.42. The smallest absolute Gasteiger partial charge is 0.248 e. The topological polar surface area (TPSA) is 38.3 Å². The Morgan fingerprint density at radius 3 is 2.43 bits per heavy atom. The Morgan fingerprint density at radius 2 is 1.78 bits per heavy atom. The van der Waals surface area contributed by atoms with Crippen molar-refractivity contribution in [1.82, 2.24) is 0 Å². The van der Waals surface area contributed by atoms with E-state index in [1.54, 1.807) is 6.08 Å². The molecule has 0 heterocycles. The van der Waals surface area contributed by atoms with Gasteiger partial charge in [-0.15, -0.1) is 0 Å². The normalized spacial score (nSPS) is 10.7. The summed E-state index contributed by atoms with van der Waals surface area (Å²) < 4.78 is 5.61. The molecule has 0 radical (unpaired) electrons. The molecule has 0 aliphatic heterocycles. The molecule has 0 aliphatic rings. The molecule has 0 atom stereocenters. The minimum absolute atomic E-state index is 0.142. The molecule has 2 aromatic carbocycles. The number of anilines is 1. The van der Waals surface area contributed by atoms with Gasteiger partial charge in [0.15, 0.2) is 0 Å². The first-order chi connectivity index (χ1) is 11.2. The number of unbranched alkanes of at least 4 members (excludes halogenated alkanes) is 1. The molecule has 0 saturated carbocycles. The van der Waals surface area contributed by atoms with Crippen molar-refractivity contribution in [3.05, 3.63) is 65.7 Å². The second kappa shape index (κ2) is 8.79. The molecule has 0 unspecified atom stereocenters. The number of carbonyl (C=O) groups is 1. The van der Waals surface area contributed by atoms with E-state index in [-0.39, 0.29) is 5.91 Å². The highest BCUT2D eigenvalue weighted by molar-refractivity contribution is 6.01. The minimum atomic E-state index is -0.142. The monoisotopic (exact) mass is 309 g/mol. The van der Waals surface area contributed by atoms with Gasteiger partial charge in [-0.1, -0.05) is 43.2 Å². The number of aryl methyl sites for hydroxylation is 1. The highest BCUT2D eigenvalue weighted by atomic mass is 16.5. The maximum Gasteiger partial charge on any atom is 0.248 e. The van der Waals surface area contributed by atoms with E-state index in [0.717, 1.165) is 36.4 Å². The van der Waals surface area contributed by atoms with Gasteiger partial charge >= 0.3 is 0 Å². The second-order valence-corrected chi connectivity index (χ2v) is 5.46. The van der Waals surface area contributed by atoms with Crippen LogP contribution < -0.4 is 10.1 Å². The van der Waals surface area contributed by atoms with Crippen LogP contribution in [0.15, 0.2) is 54.6 Å². The third-order valence-electron chi connectivity index (χ3n) is 3.39. The molecule has 3 heteroatoms. The van der Waals surface area contributed by atoms with E-state index in [2.05, 4.69) is 12.2 Å². The Morgan fingerprint density at radius 1 is 1.09 bits per heavy atom. The van der Waals surface area contributed by atoms with E-state index < -0.39 is 0 Å². The molecular formula is C20H23NO2. The van der Waals surface area contributed by atoms with Crippen molar-refractivity contribution in [2.24, 2.45) is 0 Å². The van der Waals surface area contributed by atoms with Crippen LogP contribution >= 0.6 is 0 Å². The SMILES string of the molecule is CCCCOc1ccc(/C=C/C(=O)Nc2ccc(C)cc2)cc1. The van der Waals surface area contributed by atoms with Crippen LogP contribution in [0, 0.1) is 6.92 Å². The molecule has 1 N–H and O–H groups in total. The lowest BCUT2D eigenvalue weighted by molar-refractivity contribution is -0.111. The third-order valence-corrected chi connectivity index (χ3v) is 3.39. The number of rotatable bonds is 7. The van der Waals surface area contributed by atoms with E-state index in [9.17, 15) is 4.79 Å². The first-order valence-corrected chi connectivity index (χ1v) is 7.96. The molecule has 0 spiro atoms. The Balaban J connectivity index is 1.86. The van der Waals surface area contributed by atoms with Gasteiger partial charge in [-0.25, -0.2) is 0 Å². The van der Waals surface area contributed by atoms with Crippen LogP contribution in [-0.2, 0) is 4.79 Å². The molecule has 0 aliphatic carbocycles. The van der Waals surface area contributed by atoms with Crippen LogP contribution in [0.3, 0.4) is 0 Å². The van der Waals surface area contributed by atoms with Gasteiger partial charge in [0.25, 0.3) is 0 Å². The molecule has 3 nitrogen and oxygen atoms in total. The van der Waals surface area contributed by atoms with Gasteiger partial charge in [0.1, 0.15) is 5.75 Å². The summed E-state index contributed by atoms with van der Waals surface area (Å²) in [5, 5.41) is 2.83. The lowest BCUT2D eigenvalue weighted by Crippen LogP contribution is -2.07. The van der Waals surface area contributed by atoms with Crippen molar-refractivity contribution < 1.29 is 9.53 Å². The standard InChI is InChI=1S/C20H23NO2/c1-3-4-15-23-19-12-7-17(8-13-19)9-14-20(22)21-18-10-5-16(2)6-11-18/h5-14H,3-4,15H2,1-2H3,(H,21,22)/b14-9+. The summed E-state index contributed by atoms with van der Waals surface area (Å²) in [5.74, 6) is 0.719. The fraction of sp³-hybridized carbons (Fsp3) is 0.250. The van der Waals surface area contributed by atoms with Crippen LogP contribution in [0.5, 0.6) is 5.75 Å². The third kappa shape index (κ3) is 5.99. The number of amides is 1. The first-order valence-electron chi connectivity index (χ1n) is 7.96. The van der Waals surface area contributed by atoms with Crippen molar-refractivity contribution in [2.75, 3.05) is 11.9 Å². The largest absolute Gasteiger partial charge is 0.494 e. The number of hydrogen-bond donors (Lipinski definition) is 1. The molecule has 2 aromatic rings. The molecule has 0 aromatic heterocycles. The summed E-state index contributed by atoms with van der Waals surface area (Å²) in [6.45, 7) is 4.89. The molecule has 23 heavy (non-hydrogen) atoms. The quantitative estimate of drug-likeness (QED) is 0.588. The van der Waals surface area contributed by atoms with E-state index in [0.29, 0.717) is 0 Å². The van der Waals surface area contributed by atoms with Crippen LogP contribution in [0.2, 0.25) is 0 Å². The molecule has 2 rings (SSSR count). The molecule has 0 fully saturated rings. The molecular weight excluding hydrogens is 286 g/mol. The average Bonchev–Trinajstić information content (AvgIpc) is 2.56. The minimum Gasteiger partial charge on any atom is -0.494 e. The van der Waals surface area contributed by atoms with Gasteiger partial charge in [-0.05, 0) is 49.2 Å². The van der Waals surface area contributed by atoms with Gasteiger partial charge in [0.2, 0.25) is 5.91 Å². The Bertz CT molecular complexity index is 642. The average molecular weight is 309 g/mol. The summed E-state index contributed by atoms with van der Waals surface area (Å²) >= 11 is 0. The van der Waals surface area contributed by atoms with E-state index in [1.165, 1.54) is 11.6 Å². The predicted molar refractivity (Wildman–Crippen MR) is 95.7 cm³/mol. The van der Waals surface area contributed by atoms with Gasteiger partial charge in [0, 0.05) is 11.8 Å². The van der Waals surface area contributed by atoms with Gasteiger partial charge in [-0.2, -0.15) is 0 Å². The van der Waals surface area contributed by atoms with Crippen molar-refractivity contribution in [2.45, 2.75) is 26.7 Å². The molecule has 0 bridgehead atoms. The first kappa shape index (κ1) is 16.8. The highest BCUT2D eigenvalue weighted by Gasteiger charge is 1.98. The zero-order valence-corrected chi connectivity index (χ0v) is 13.7. The lowest BCUT2D eigenvalue weighted by Gasteiger charge is -2.05. The van der Waals surface area contributed by atoms with Crippen molar-refractivity contribution in [3.8, 4) is 5.75 Å². The second-order valence-electron chi connectivity index (χ2n) is 5.46. The van der Waals surface area contributed by atoms with E-state index in [4.69, 9.17) is 4.74 Å². The van der Waals surface area contributed by atoms with Crippen LogP contribution in [-0.4, -0.2) is 12.5 Å². The maximum atomic E-state index is 11.9. The number of carbonyl (C=O) groups excluding carboxylic acids is 1. The summed E-state index contributed by atoms with van der Waals surface area (Å²) in [6.07, 6.45) is 5.50. The van der Waals surface area contributed by atoms with Crippen LogP contribution in [0.25, 0.3) is 6.08 Å². The zero-order valence-electron chi connectivity index (χ0n) is 13.7. The Hall–Kier alpha value is -2.55. The lowest BCUT2D eigenvalue weighted by atomic mass is 10.2. The number of ether oxygens (including phenoxy) is 1. The van der Waals surface area contributed by atoms with Crippen molar-refractivity contribution in [1.29, 1.82) is 0 Å². The summed E-state index contributed by atoms with van der Waals surface area (Å²) in [7, 11) is 0. The number of benzene rings is 2. The maximum absolute atomic E-state index is 11.9. The van der Waals surface area contributed by atoms with Crippen LogP contribution in [0.1, 0.15) is 30.9 Å². The van der Waals surface area contributed by atoms with E-state index >= 15 is 0 Å². The fourth-order valence-electron chi connectivity index (χ4n) is 2.00. The van der Waals surface area contributed by atoms with Crippen LogP contribution in [0.4, 0.5) is 5.69 Å². The molecule has 0 saturated heterocycles. The van der Waals surface area contributed by atoms with Gasteiger partial charge in [-0.3, -0.25) is 4.79 Å². The zero-order chi connectivity index (χ0) is 16.5. The predicted octanol–water partition coefficient (Wildman–Crippen LogP) is 4.83. The molecule has 1 amide bonds. The number of nitrogens with one attached hydrogen (secondary N) is 1. The van der Waals surface area contributed by atoms with Gasteiger partial charge < -0.3 is 10.1 Å². The fourth-order valence-corrected chi connectivity index (χ4v) is 2.00. The summed E-state index contributed by atoms with van der Waals surface area (Å²) in [4.78, 5) is 11.9. The van der Waals surface area contributed by atoms with Crippen molar-refractivity contribution >= 4 is 17.7 Å². The summed E-state index contributed by atoms with van der Waals surface area (Å²) in [6, 6.07) is 15.5.